The molecule has 1 amide bonds. The monoisotopic (exact) mass is 376 g/mol. The third-order valence-electron chi connectivity index (χ3n) is 4.43. The molecule has 1 heterocycles. The summed E-state index contributed by atoms with van der Waals surface area (Å²) in [5.74, 6) is -0.688. The molecule has 138 valence electrons. The number of amides is 1. The fourth-order valence-corrected chi connectivity index (χ4v) is 4.85. The highest BCUT2D eigenvalue weighted by Gasteiger charge is 2.35. The largest absolute Gasteiger partial charge is 0.374 e. The van der Waals surface area contributed by atoms with E-state index in [1.165, 1.54) is 11.0 Å². The third kappa shape index (κ3) is 4.22. The number of anilines is 2. The molecular formula is C19H21FN2O3S. The van der Waals surface area contributed by atoms with Gasteiger partial charge in [-0.2, -0.15) is 0 Å². The number of nitrogens with zero attached hydrogens (tertiary/aromatic N) is 1. The zero-order valence-corrected chi connectivity index (χ0v) is 15.3. The molecule has 1 N–H and O–H groups in total. The van der Waals surface area contributed by atoms with Gasteiger partial charge in [-0.05, 0) is 43.2 Å². The van der Waals surface area contributed by atoms with Crippen LogP contribution in [0.4, 0.5) is 15.8 Å². The van der Waals surface area contributed by atoms with Gasteiger partial charge in [0.15, 0.2) is 9.84 Å². The zero-order chi connectivity index (χ0) is 18.7. The van der Waals surface area contributed by atoms with Gasteiger partial charge >= 0.3 is 0 Å². The Bertz CT molecular complexity index is 900. The summed E-state index contributed by atoms with van der Waals surface area (Å²) in [6.45, 7) is 1.67. The van der Waals surface area contributed by atoms with Crippen molar-refractivity contribution in [2.45, 2.75) is 19.4 Å². The number of halogens is 1. The van der Waals surface area contributed by atoms with Crippen molar-refractivity contribution in [1.29, 1.82) is 0 Å². The molecule has 1 saturated heterocycles. The van der Waals surface area contributed by atoms with Crippen LogP contribution in [0.15, 0.2) is 48.5 Å². The normalized spacial score (nSPS) is 18.5. The third-order valence-corrected chi connectivity index (χ3v) is 6.18. The highest BCUT2D eigenvalue weighted by atomic mass is 32.2. The van der Waals surface area contributed by atoms with E-state index in [9.17, 15) is 17.6 Å². The van der Waals surface area contributed by atoms with E-state index in [0.717, 1.165) is 5.56 Å². The summed E-state index contributed by atoms with van der Waals surface area (Å²) in [5, 5.41) is 2.82. The minimum atomic E-state index is -3.13. The second kappa shape index (κ2) is 7.45. The van der Waals surface area contributed by atoms with Crippen LogP contribution in [0.2, 0.25) is 0 Å². The van der Waals surface area contributed by atoms with E-state index in [4.69, 9.17) is 0 Å². The molecule has 2 aromatic rings. The van der Waals surface area contributed by atoms with E-state index < -0.39 is 21.7 Å². The summed E-state index contributed by atoms with van der Waals surface area (Å²) >= 11 is 0. The van der Waals surface area contributed by atoms with Crippen molar-refractivity contribution in [2.75, 3.05) is 28.3 Å². The first-order valence-electron chi connectivity index (χ1n) is 8.43. The Balaban J connectivity index is 1.79. The smallest absolute Gasteiger partial charge is 0.246 e. The van der Waals surface area contributed by atoms with Gasteiger partial charge in [0, 0.05) is 5.69 Å². The van der Waals surface area contributed by atoms with E-state index >= 15 is 0 Å². The Morgan fingerprint density at radius 2 is 1.96 bits per heavy atom. The van der Waals surface area contributed by atoms with Gasteiger partial charge in [-0.15, -0.1) is 0 Å². The van der Waals surface area contributed by atoms with Crippen molar-refractivity contribution in [3.05, 3.63) is 59.9 Å². The second-order valence-corrected chi connectivity index (χ2v) is 8.72. The molecule has 1 aliphatic rings. The van der Waals surface area contributed by atoms with E-state index in [-0.39, 0.29) is 29.6 Å². The van der Waals surface area contributed by atoms with Crippen LogP contribution in [0, 0.1) is 12.7 Å². The summed E-state index contributed by atoms with van der Waals surface area (Å²) in [4.78, 5) is 14.4. The summed E-state index contributed by atoms with van der Waals surface area (Å²) in [5.41, 5.74) is 1.68. The fourth-order valence-electron chi connectivity index (χ4n) is 3.15. The maximum Gasteiger partial charge on any atom is 0.246 e. The molecule has 0 radical (unpaired) electrons. The van der Waals surface area contributed by atoms with Crippen LogP contribution in [-0.2, 0) is 14.6 Å². The molecule has 0 spiro atoms. The van der Waals surface area contributed by atoms with Gasteiger partial charge in [0.2, 0.25) is 5.91 Å². The Hall–Kier alpha value is -2.41. The number of nitrogens with one attached hydrogen (secondary N) is 1. The van der Waals surface area contributed by atoms with Gasteiger partial charge in [-0.25, -0.2) is 12.8 Å². The number of sulfone groups is 1. The van der Waals surface area contributed by atoms with Crippen LogP contribution in [0.1, 0.15) is 12.0 Å². The molecule has 1 aliphatic heterocycles. The zero-order valence-electron chi connectivity index (χ0n) is 14.5. The van der Waals surface area contributed by atoms with Crippen molar-refractivity contribution in [3.63, 3.8) is 0 Å². The van der Waals surface area contributed by atoms with Crippen LogP contribution in [0.3, 0.4) is 0 Å². The predicted octanol–water partition coefficient (Wildman–Crippen LogP) is 2.77. The summed E-state index contributed by atoms with van der Waals surface area (Å²) in [6.07, 6.45) is 0.405. The van der Waals surface area contributed by atoms with E-state index in [1.807, 2.05) is 6.07 Å². The van der Waals surface area contributed by atoms with Crippen LogP contribution in [0.5, 0.6) is 0 Å². The first kappa shape index (κ1) is 18.4. The number of carbonyl (C=O) groups is 1. The van der Waals surface area contributed by atoms with Gasteiger partial charge in [-0.1, -0.05) is 24.3 Å². The maximum atomic E-state index is 14.0. The number of rotatable bonds is 5. The standard InChI is InChI=1S/C19H21FN2O3S/c1-14-7-8-18(17(20)11-14)21-12-19(23)22(15-5-3-2-4-6-15)16-9-10-26(24,25)13-16/h2-8,11,16,21H,9-10,12-13H2,1H3. The second-order valence-electron chi connectivity index (χ2n) is 6.49. The molecule has 7 heteroatoms. The first-order chi connectivity index (χ1) is 12.4. The molecule has 0 aromatic heterocycles. The lowest BCUT2D eigenvalue weighted by Crippen LogP contribution is -2.44. The van der Waals surface area contributed by atoms with Crippen molar-refractivity contribution in [2.24, 2.45) is 0 Å². The molecule has 1 atom stereocenters. The SMILES string of the molecule is Cc1ccc(NCC(=O)N(c2ccccc2)C2CCS(=O)(=O)C2)c(F)c1. The molecule has 5 nitrogen and oxygen atoms in total. The van der Waals surface area contributed by atoms with Crippen LogP contribution in [-0.4, -0.2) is 38.4 Å². The van der Waals surface area contributed by atoms with Gasteiger partial charge < -0.3 is 10.2 Å². The van der Waals surface area contributed by atoms with Gasteiger partial charge in [0.1, 0.15) is 5.82 Å². The van der Waals surface area contributed by atoms with Crippen LogP contribution < -0.4 is 10.2 Å². The molecule has 3 rings (SSSR count). The Morgan fingerprint density at radius 1 is 1.23 bits per heavy atom. The Labute approximate surface area is 152 Å². The van der Waals surface area contributed by atoms with Crippen molar-refractivity contribution in [3.8, 4) is 0 Å². The number of benzene rings is 2. The first-order valence-corrected chi connectivity index (χ1v) is 10.3. The van der Waals surface area contributed by atoms with Gasteiger partial charge in [0.25, 0.3) is 0 Å². The average Bonchev–Trinajstić information content (AvgIpc) is 2.95. The lowest BCUT2D eigenvalue weighted by atomic mass is 10.1. The van der Waals surface area contributed by atoms with Gasteiger partial charge in [0.05, 0.1) is 29.8 Å². The van der Waals surface area contributed by atoms with Crippen LogP contribution in [0.25, 0.3) is 0 Å². The molecule has 0 aliphatic carbocycles. The van der Waals surface area contributed by atoms with Crippen molar-refractivity contribution >= 4 is 27.1 Å². The lowest BCUT2D eigenvalue weighted by Gasteiger charge is -2.28. The number of hydrogen-bond donors (Lipinski definition) is 1. The highest BCUT2D eigenvalue weighted by Crippen LogP contribution is 2.25. The Morgan fingerprint density at radius 3 is 2.58 bits per heavy atom. The summed E-state index contributed by atoms with van der Waals surface area (Å²) in [7, 11) is -3.13. The fraction of sp³-hybridized carbons (Fsp3) is 0.316. The number of carbonyl (C=O) groups excluding carboxylic acids is 1. The van der Waals surface area contributed by atoms with E-state index in [0.29, 0.717) is 12.1 Å². The molecule has 2 aromatic carbocycles. The quantitative estimate of drug-likeness (QED) is 0.871. The molecular weight excluding hydrogens is 355 g/mol. The molecule has 1 fully saturated rings. The Kier molecular flexibility index (Phi) is 5.27. The average molecular weight is 376 g/mol. The molecule has 0 bridgehead atoms. The van der Waals surface area contributed by atoms with E-state index in [1.54, 1.807) is 43.3 Å². The summed E-state index contributed by atoms with van der Waals surface area (Å²) < 4.78 is 37.7. The number of aryl methyl sites for hydroxylation is 1. The predicted molar refractivity (Wildman–Crippen MR) is 101 cm³/mol. The minimum Gasteiger partial charge on any atom is -0.374 e. The summed E-state index contributed by atoms with van der Waals surface area (Å²) in [6, 6.07) is 13.3. The molecule has 1 unspecified atom stereocenters. The molecule has 0 saturated carbocycles. The number of para-hydroxylation sites is 1. The van der Waals surface area contributed by atoms with Crippen molar-refractivity contribution in [1.82, 2.24) is 0 Å². The van der Waals surface area contributed by atoms with E-state index in [2.05, 4.69) is 5.32 Å². The lowest BCUT2D eigenvalue weighted by molar-refractivity contribution is -0.117. The van der Waals surface area contributed by atoms with Gasteiger partial charge in [-0.3, -0.25) is 4.79 Å². The topological polar surface area (TPSA) is 66.5 Å². The number of hydrogen-bond acceptors (Lipinski definition) is 4. The maximum absolute atomic E-state index is 14.0. The van der Waals surface area contributed by atoms with Crippen LogP contribution >= 0.6 is 0 Å². The van der Waals surface area contributed by atoms with Crippen molar-refractivity contribution < 1.29 is 17.6 Å². The highest BCUT2D eigenvalue weighted by molar-refractivity contribution is 7.91. The molecule has 26 heavy (non-hydrogen) atoms. The minimum absolute atomic E-state index is 0.0491.